The highest BCUT2D eigenvalue weighted by molar-refractivity contribution is 5.96. The van der Waals surface area contributed by atoms with Gasteiger partial charge in [-0.25, -0.2) is 0 Å². The summed E-state index contributed by atoms with van der Waals surface area (Å²) in [5.41, 5.74) is 1.49. The van der Waals surface area contributed by atoms with Crippen LogP contribution >= 0.6 is 0 Å². The maximum atomic E-state index is 12.0. The van der Waals surface area contributed by atoms with Gasteiger partial charge in [-0.05, 0) is 48.9 Å². The second-order valence-electron chi connectivity index (χ2n) is 6.13. The second kappa shape index (κ2) is 8.84. The van der Waals surface area contributed by atoms with Crippen LogP contribution in [0, 0.1) is 0 Å². The third-order valence-corrected chi connectivity index (χ3v) is 4.13. The molecule has 7 nitrogen and oxygen atoms in total. The minimum Gasteiger partial charge on any atom is -0.465 e. The molecule has 3 rings (SSSR count). The fourth-order valence-corrected chi connectivity index (χ4v) is 2.77. The van der Waals surface area contributed by atoms with Crippen molar-refractivity contribution in [1.29, 1.82) is 0 Å². The van der Waals surface area contributed by atoms with Gasteiger partial charge >= 0.3 is 0 Å². The van der Waals surface area contributed by atoms with Crippen molar-refractivity contribution in [3.05, 3.63) is 54.5 Å². The van der Waals surface area contributed by atoms with Gasteiger partial charge in [0, 0.05) is 43.4 Å². The average Bonchev–Trinajstić information content (AvgIpc) is 3.32. The standard InChI is InChI=1S/C20H21N3O4/c24-18(10-9-17-3-2-14-27-17)21-12-11-19(25)22-15-5-7-16(8-6-15)23-13-1-4-20(23)26/h2-3,5-10,14H,1,4,11-13H2,(H,21,24)(H,22,25)/b10-9+. The first-order valence-electron chi connectivity index (χ1n) is 8.81. The number of furan rings is 1. The molecule has 1 aliphatic rings. The molecule has 0 saturated carbocycles. The van der Waals surface area contributed by atoms with E-state index in [9.17, 15) is 14.4 Å². The van der Waals surface area contributed by atoms with Crippen LogP contribution in [0.15, 0.2) is 53.2 Å². The summed E-state index contributed by atoms with van der Waals surface area (Å²) in [5, 5.41) is 5.41. The number of anilines is 2. The fourth-order valence-electron chi connectivity index (χ4n) is 2.77. The van der Waals surface area contributed by atoms with E-state index in [1.54, 1.807) is 35.2 Å². The van der Waals surface area contributed by atoms with Crippen LogP contribution in [0.3, 0.4) is 0 Å². The first-order valence-corrected chi connectivity index (χ1v) is 8.81. The van der Waals surface area contributed by atoms with Gasteiger partial charge in [0.15, 0.2) is 0 Å². The van der Waals surface area contributed by atoms with Gasteiger partial charge in [-0.3, -0.25) is 14.4 Å². The second-order valence-corrected chi connectivity index (χ2v) is 6.13. The quantitative estimate of drug-likeness (QED) is 0.736. The Kier molecular flexibility index (Phi) is 6.04. The number of nitrogens with one attached hydrogen (secondary N) is 2. The number of hydrogen-bond acceptors (Lipinski definition) is 4. The number of amides is 3. The van der Waals surface area contributed by atoms with Gasteiger partial charge in [-0.15, -0.1) is 0 Å². The topological polar surface area (TPSA) is 91.7 Å². The number of nitrogens with zero attached hydrogens (tertiary/aromatic N) is 1. The third-order valence-electron chi connectivity index (χ3n) is 4.13. The van der Waals surface area contributed by atoms with Crippen molar-refractivity contribution < 1.29 is 18.8 Å². The molecule has 2 aromatic rings. The maximum Gasteiger partial charge on any atom is 0.244 e. The molecule has 1 aromatic carbocycles. The largest absolute Gasteiger partial charge is 0.465 e. The molecule has 27 heavy (non-hydrogen) atoms. The van der Waals surface area contributed by atoms with Crippen LogP contribution in [-0.4, -0.2) is 30.8 Å². The van der Waals surface area contributed by atoms with Crippen molar-refractivity contribution >= 4 is 35.2 Å². The summed E-state index contributed by atoms with van der Waals surface area (Å²) in [6.07, 6.45) is 6.06. The van der Waals surface area contributed by atoms with E-state index in [1.165, 1.54) is 12.3 Å². The lowest BCUT2D eigenvalue weighted by Crippen LogP contribution is -2.26. The van der Waals surface area contributed by atoms with Crippen LogP contribution in [0.1, 0.15) is 25.0 Å². The summed E-state index contributed by atoms with van der Waals surface area (Å²) in [6.45, 7) is 0.964. The molecule has 140 valence electrons. The maximum absolute atomic E-state index is 12.0. The highest BCUT2D eigenvalue weighted by atomic mass is 16.3. The zero-order valence-electron chi connectivity index (χ0n) is 14.8. The van der Waals surface area contributed by atoms with E-state index in [0.717, 1.165) is 18.7 Å². The molecule has 0 bridgehead atoms. The number of hydrogen-bond donors (Lipinski definition) is 2. The summed E-state index contributed by atoms with van der Waals surface area (Å²) in [6, 6.07) is 10.6. The molecule has 0 spiro atoms. The Hall–Kier alpha value is -3.35. The van der Waals surface area contributed by atoms with Gasteiger partial charge in [0.05, 0.1) is 6.26 Å². The van der Waals surface area contributed by atoms with Gasteiger partial charge in [-0.2, -0.15) is 0 Å². The average molecular weight is 367 g/mol. The minimum atomic E-state index is -0.293. The van der Waals surface area contributed by atoms with Crippen molar-refractivity contribution in [3.8, 4) is 0 Å². The Bertz CT molecular complexity index is 825. The summed E-state index contributed by atoms with van der Waals surface area (Å²) in [4.78, 5) is 37.1. The van der Waals surface area contributed by atoms with Crippen LogP contribution in [0.2, 0.25) is 0 Å². The predicted molar refractivity (Wildman–Crippen MR) is 102 cm³/mol. The molecular weight excluding hydrogens is 346 g/mol. The van der Waals surface area contributed by atoms with Gasteiger partial charge in [0.2, 0.25) is 17.7 Å². The lowest BCUT2D eigenvalue weighted by Gasteiger charge is -2.16. The molecule has 2 heterocycles. The van der Waals surface area contributed by atoms with E-state index in [4.69, 9.17) is 4.42 Å². The molecule has 3 amide bonds. The van der Waals surface area contributed by atoms with Gasteiger partial charge in [0.1, 0.15) is 5.76 Å². The van der Waals surface area contributed by atoms with E-state index < -0.39 is 0 Å². The lowest BCUT2D eigenvalue weighted by atomic mass is 10.2. The Balaban J connectivity index is 1.40. The Labute approximate surface area is 157 Å². The van der Waals surface area contributed by atoms with Crippen molar-refractivity contribution in [3.63, 3.8) is 0 Å². The van der Waals surface area contributed by atoms with Crippen molar-refractivity contribution in [2.45, 2.75) is 19.3 Å². The van der Waals surface area contributed by atoms with Crippen LogP contribution in [0.5, 0.6) is 0 Å². The summed E-state index contributed by atoms with van der Waals surface area (Å²) < 4.78 is 5.09. The van der Waals surface area contributed by atoms with Crippen molar-refractivity contribution in [2.75, 3.05) is 23.3 Å². The van der Waals surface area contributed by atoms with Gasteiger partial charge in [-0.1, -0.05) is 0 Å². The van der Waals surface area contributed by atoms with Gasteiger partial charge in [0.25, 0.3) is 0 Å². The van der Waals surface area contributed by atoms with Crippen LogP contribution in [0.25, 0.3) is 6.08 Å². The molecule has 1 fully saturated rings. The molecule has 1 aliphatic heterocycles. The monoisotopic (exact) mass is 367 g/mol. The molecule has 0 aliphatic carbocycles. The number of carbonyl (C=O) groups is 3. The van der Waals surface area contributed by atoms with E-state index in [0.29, 0.717) is 17.9 Å². The number of benzene rings is 1. The molecule has 1 aromatic heterocycles. The SMILES string of the molecule is O=C(/C=C/c1ccco1)NCCC(=O)Nc1ccc(N2CCCC2=O)cc1. The zero-order chi connectivity index (χ0) is 19.1. The molecular formula is C20H21N3O4. The highest BCUT2D eigenvalue weighted by Crippen LogP contribution is 2.23. The van der Waals surface area contributed by atoms with E-state index in [1.807, 2.05) is 12.1 Å². The smallest absolute Gasteiger partial charge is 0.244 e. The Morgan fingerprint density at radius 2 is 2.00 bits per heavy atom. The van der Waals surface area contributed by atoms with Gasteiger partial charge < -0.3 is 20.0 Å². The first-order chi connectivity index (χ1) is 13.1. The normalized spacial score (nSPS) is 13.9. The van der Waals surface area contributed by atoms with E-state index in [2.05, 4.69) is 10.6 Å². The van der Waals surface area contributed by atoms with Crippen molar-refractivity contribution in [1.82, 2.24) is 5.32 Å². The summed E-state index contributed by atoms with van der Waals surface area (Å²) in [5.74, 6) is 0.222. The zero-order valence-corrected chi connectivity index (χ0v) is 14.8. The summed E-state index contributed by atoms with van der Waals surface area (Å²) >= 11 is 0. The number of carbonyl (C=O) groups excluding carboxylic acids is 3. The van der Waals surface area contributed by atoms with Crippen molar-refractivity contribution in [2.24, 2.45) is 0 Å². The van der Waals surface area contributed by atoms with Crippen LogP contribution in [-0.2, 0) is 14.4 Å². The number of rotatable bonds is 7. The molecule has 0 atom stereocenters. The molecule has 0 unspecified atom stereocenters. The summed E-state index contributed by atoms with van der Waals surface area (Å²) in [7, 11) is 0. The Morgan fingerprint density at radius 1 is 1.19 bits per heavy atom. The fraction of sp³-hybridized carbons (Fsp3) is 0.250. The Morgan fingerprint density at radius 3 is 2.67 bits per heavy atom. The molecule has 0 radical (unpaired) electrons. The van der Waals surface area contributed by atoms with E-state index in [-0.39, 0.29) is 30.7 Å². The third kappa shape index (κ3) is 5.31. The first kappa shape index (κ1) is 18.4. The minimum absolute atomic E-state index is 0.128. The highest BCUT2D eigenvalue weighted by Gasteiger charge is 2.21. The van der Waals surface area contributed by atoms with E-state index >= 15 is 0 Å². The van der Waals surface area contributed by atoms with Crippen LogP contribution < -0.4 is 15.5 Å². The predicted octanol–water partition coefficient (Wildman–Crippen LogP) is 2.56. The molecule has 1 saturated heterocycles. The lowest BCUT2D eigenvalue weighted by molar-refractivity contribution is -0.118. The van der Waals surface area contributed by atoms with Crippen LogP contribution in [0.4, 0.5) is 11.4 Å². The molecule has 7 heteroatoms. The molecule has 2 N–H and O–H groups in total.